The molecular formula is C13H17ClN2OS. The Hall–Kier alpha value is -0.840. The molecule has 2 N–H and O–H groups in total. The van der Waals surface area contributed by atoms with E-state index in [1.807, 2.05) is 18.2 Å². The normalized spacial score (nSPS) is 18.7. The third kappa shape index (κ3) is 2.94. The fourth-order valence-electron chi connectivity index (χ4n) is 2.20. The first-order valence-electron chi connectivity index (χ1n) is 5.87. The maximum atomic E-state index is 6.07. The maximum absolute atomic E-state index is 6.07. The van der Waals surface area contributed by atoms with Gasteiger partial charge in [-0.3, -0.25) is 0 Å². The molecule has 0 bridgehead atoms. The number of morpholine rings is 1. The van der Waals surface area contributed by atoms with Crippen LogP contribution >= 0.6 is 23.8 Å². The number of nitrogens with two attached hydrogens (primary N) is 1. The summed E-state index contributed by atoms with van der Waals surface area (Å²) in [6.45, 7) is 6.45. The average molecular weight is 285 g/mol. The van der Waals surface area contributed by atoms with Crippen molar-refractivity contribution in [2.45, 2.75) is 19.4 Å². The fraction of sp³-hybridized carbons (Fsp3) is 0.462. The zero-order valence-corrected chi connectivity index (χ0v) is 12.1. The molecular weight excluding hydrogens is 268 g/mol. The van der Waals surface area contributed by atoms with Gasteiger partial charge in [-0.2, -0.15) is 0 Å². The van der Waals surface area contributed by atoms with Crippen LogP contribution in [0.4, 0.5) is 5.69 Å². The van der Waals surface area contributed by atoms with Crippen molar-refractivity contribution < 1.29 is 4.74 Å². The molecule has 1 saturated heterocycles. The first-order valence-corrected chi connectivity index (χ1v) is 6.66. The molecule has 3 nitrogen and oxygen atoms in total. The van der Waals surface area contributed by atoms with E-state index >= 15 is 0 Å². The lowest BCUT2D eigenvalue weighted by molar-refractivity contribution is -0.0276. The Morgan fingerprint density at radius 3 is 2.83 bits per heavy atom. The van der Waals surface area contributed by atoms with E-state index in [4.69, 9.17) is 34.3 Å². The number of hydrogen-bond donors (Lipinski definition) is 1. The number of halogens is 1. The van der Waals surface area contributed by atoms with Crippen molar-refractivity contribution in [1.29, 1.82) is 0 Å². The number of nitrogens with zero attached hydrogens (tertiary/aromatic N) is 1. The Morgan fingerprint density at radius 1 is 1.50 bits per heavy atom. The minimum absolute atomic E-state index is 0.173. The van der Waals surface area contributed by atoms with Crippen molar-refractivity contribution in [1.82, 2.24) is 0 Å². The first-order chi connectivity index (χ1) is 8.39. The summed E-state index contributed by atoms with van der Waals surface area (Å²) in [6, 6.07) is 5.60. The van der Waals surface area contributed by atoms with Gasteiger partial charge in [0.25, 0.3) is 0 Å². The highest BCUT2D eigenvalue weighted by Crippen LogP contribution is 2.29. The van der Waals surface area contributed by atoms with Gasteiger partial charge in [-0.05, 0) is 32.0 Å². The van der Waals surface area contributed by atoms with Gasteiger partial charge in [0.05, 0.1) is 12.2 Å². The Kier molecular flexibility index (Phi) is 3.80. The second kappa shape index (κ2) is 5.03. The predicted octanol–water partition coefficient (Wildman–Crippen LogP) is 2.59. The Labute approximate surface area is 118 Å². The van der Waals surface area contributed by atoms with E-state index in [1.54, 1.807) is 0 Å². The fourth-order valence-corrected chi connectivity index (χ4v) is 2.54. The van der Waals surface area contributed by atoms with E-state index < -0.39 is 0 Å². The summed E-state index contributed by atoms with van der Waals surface area (Å²) in [5, 5.41) is 0.689. The lowest BCUT2D eigenvalue weighted by Gasteiger charge is -2.40. The molecule has 98 valence electrons. The number of anilines is 1. The van der Waals surface area contributed by atoms with Gasteiger partial charge in [0.2, 0.25) is 0 Å². The Morgan fingerprint density at radius 2 is 2.22 bits per heavy atom. The third-order valence-electron chi connectivity index (χ3n) is 2.99. The van der Waals surface area contributed by atoms with Crippen LogP contribution in [0.1, 0.15) is 19.4 Å². The molecule has 1 fully saturated rings. The van der Waals surface area contributed by atoms with Gasteiger partial charge >= 0.3 is 0 Å². The molecule has 0 amide bonds. The van der Waals surface area contributed by atoms with Crippen molar-refractivity contribution in [2.24, 2.45) is 5.73 Å². The van der Waals surface area contributed by atoms with Gasteiger partial charge in [0.15, 0.2) is 0 Å². The standard InChI is InChI=1S/C13H17ClN2OS/c1-13(2)8-16(5-6-17-13)11-7-9(14)3-4-10(11)12(15)18/h3-4,7H,5-6,8H2,1-2H3,(H2,15,18). The summed E-state index contributed by atoms with van der Waals surface area (Å²) in [4.78, 5) is 2.62. The Bertz CT molecular complexity index is 476. The maximum Gasteiger partial charge on any atom is 0.106 e. The lowest BCUT2D eigenvalue weighted by Crippen LogP contribution is -2.48. The number of ether oxygens (including phenoxy) is 1. The molecule has 18 heavy (non-hydrogen) atoms. The molecule has 1 heterocycles. The summed E-state index contributed by atoms with van der Waals surface area (Å²) in [5.74, 6) is 0. The average Bonchev–Trinajstić information content (AvgIpc) is 2.27. The summed E-state index contributed by atoms with van der Waals surface area (Å²) in [6.07, 6.45) is 0. The molecule has 1 aromatic carbocycles. The second-order valence-electron chi connectivity index (χ2n) is 5.06. The molecule has 2 rings (SSSR count). The topological polar surface area (TPSA) is 38.5 Å². The molecule has 0 atom stereocenters. The van der Waals surface area contributed by atoms with Crippen molar-refractivity contribution in [2.75, 3.05) is 24.6 Å². The van der Waals surface area contributed by atoms with Crippen LogP contribution < -0.4 is 10.6 Å². The van der Waals surface area contributed by atoms with E-state index in [2.05, 4.69) is 18.7 Å². The monoisotopic (exact) mass is 284 g/mol. The largest absolute Gasteiger partial charge is 0.389 e. The molecule has 0 radical (unpaired) electrons. The highest BCUT2D eigenvalue weighted by molar-refractivity contribution is 7.80. The van der Waals surface area contributed by atoms with Gasteiger partial charge in [-0.15, -0.1) is 0 Å². The Balaban J connectivity index is 2.37. The molecule has 0 aliphatic carbocycles. The molecule has 0 unspecified atom stereocenters. The van der Waals surface area contributed by atoms with Gasteiger partial charge in [-0.25, -0.2) is 0 Å². The predicted molar refractivity (Wildman–Crippen MR) is 79.6 cm³/mol. The first kappa shape index (κ1) is 13.6. The molecule has 1 aliphatic heterocycles. The number of thiocarbonyl (C=S) groups is 1. The van der Waals surface area contributed by atoms with E-state index in [0.29, 0.717) is 16.6 Å². The molecule has 1 aliphatic rings. The van der Waals surface area contributed by atoms with Gasteiger partial charge in [0, 0.05) is 29.4 Å². The second-order valence-corrected chi connectivity index (χ2v) is 5.93. The zero-order valence-electron chi connectivity index (χ0n) is 10.6. The van der Waals surface area contributed by atoms with E-state index in [1.165, 1.54) is 0 Å². The van der Waals surface area contributed by atoms with Crippen LogP contribution in [0, 0.1) is 0 Å². The molecule has 0 spiro atoms. The van der Waals surface area contributed by atoms with Crippen LogP contribution in [0.3, 0.4) is 0 Å². The highest BCUT2D eigenvalue weighted by Gasteiger charge is 2.28. The molecule has 0 saturated carbocycles. The van der Waals surface area contributed by atoms with Crippen molar-refractivity contribution in [3.8, 4) is 0 Å². The van der Waals surface area contributed by atoms with Gasteiger partial charge in [-0.1, -0.05) is 23.8 Å². The summed E-state index contributed by atoms with van der Waals surface area (Å²) >= 11 is 11.2. The molecule has 1 aromatic rings. The smallest absolute Gasteiger partial charge is 0.106 e. The van der Waals surface area contributed by atoms with Crippen molar-refractivity contribution in [3.05, 3.63) is 28.8 Å². The summed E-state index contributed by atoms with van der Waals surface area (Å²) in [7, 11) is 0. The molecule has 0 aromatic heterocycles. The van der Waals surface area contributed by atoms with Crippen molar-refractivity contribution in [3.63, 3.8) is 0 Å². The SMILES string of the molecule is CC1(C)CN(c2cc(Cl)ccc2C(N)=S)CCO1. The number of hydrogen-bond acceptors (Lipinski definition) is 3. The third-order valence-corrected chi connectivity index (χ3v) is 3.45. The van der Waals surface area contributed by atoms with Crippen LogP contribution in [-0.2, 0) is 4.74 Å². The number of rotatable bonds is 2. The zero-order chi connectivity index (χ0) is 13.3. The highest BCUT2D eigenvalue weighted by atomic mass is 35.5. The summed E-state index contributed by atoms with van der Waals surface area (Å²) in [5.41, 5.74) is 7.46. The minimum Gasteiger partial charge on any atom is -0.389 e. The van der Waals surface area contributed by atoms with Crippen LogP contribution in [0.15, 0.2) is 18.2 Å². The van der Waals surface area contributed by atoms with Crippen molar-refractivity contribution >= 4 is 34.5 Å². The van der Waals surface area contributed by atoms with E-state index in [0.717, 1.165) is 24.3 Å². The molecule has 5 heteroatoms. The van der Waals surface area contributed by atoms with Gasteiger partial charge < -0.3 is 15.4 Å². The van der Waals surface area contributed by atoms with Crippen LogP contribution in [0.5, 0.6) is 0 Å². The minimum atomic E-state index is -0.173. The lowest BCUT2D eigenvalue weighted by atomic mass is 10.0. The van der Waals surface area contributed by atoms with E-state index in [9.17, 15) is 0 Å². The van der Waals surface area contributed by atoms with E-state index in [-0.39, 0.29) is 5.60 Å². The summed E-state index contributed by atoms with van der Waals surface area (Å²) < 4.78 is 5.71. The van der Waals surface area contributed by atoms with Crippen LogP contribution in [-0.4, -0.2) is 30.3 Å². The van der Waals surface area contributed by atoms with Gasteiger partial charge in [0.1, 0.15) is 4.99 Å². The number of benzene rings is 1. The van der Waals surface area contributed by atoms with Crippen LogP contribution in [0.25, 0.3) is 0 Å². The van der Waals surface area contributed by atoms with Crippen LogP contribution in [0.2, 0.25) is 5.02 Å². The quantitative estimate of drug-likeness (QED) is 0.847.